The zero-order valence-electron chi connectivity index (χ0n) is 17.6. The van der Waals surface area contributed by atoms with Crippen LogP contribution >= 0.6 is 0 Å². The molecule has 0 radical (unpaired) electrons. The minimum absolute atomic E-state index is 0.0900. The molecule has 0 spiro atoms. The summed E-state index contributed by atoms with van der Waals surface area (Å²) in [5.41, 5.74) is 1.98. The van der Waals surface area contributed by atoms with Crippen LogP contribution in [0, 0.1) is 5.92 Å². The summed E-state index contributed by atoms with van der Waals surface area (Å²) >= 11 is 0. The summed E-state index contributed by atoms with van der Waals surface area (Å²) in [7, 11) is 0. The average Bonchev–Trinajstić information content (AvgIpc) is 3.06. The predicted octanol–water partition coefficient (Wildman–Crippen LogP) is 5.21. The van der Waals surface area contributed by atoms with Gasteiger partial charge in [0, 0.05) is 36.8 Å². The smallest absolute Gasteiger partial charge is 0.219 e. The molecular weight excluding hydrogens is 362 g/mol. The van der Waals surface area contributed by atoms with Gasteiger partial charge in [0.05, 0.1) is 0 Å². The van der Waals surface area contributed by atoms with E-state index in [4.69, 9.17) is 0 Å². The number of unbranched alkanes of at least 4 members (excludes halogenated alkanes) is 1. The molecule has 1 aliphatic rings. The number of amides is 1. The Morgan fingerprint density at radius 2 is 2.07 bits per heavy atom. The second-order valence-corrected chi connectivity index (χ2v) is 7.41. The summed E-state index contributed by atoms with van der Waals surface area (Å²) in [4.78, 5) is 23.7. The lowest BCUT2D eigenvalue weighted by atomic mass is 9.91. The largest absolute Gasteiger partial charge is 0.508 e. The van der Waals surface area contributed by atoms with Crippen LogP contribution in [-0.2, 0) is 9.59 Å². The van der Waals surface area contributed by atoms with Crippen molar-refractivity contribution in [2.45, 2.75) is 58.3 Å². The molecule has 2 N–H and O–H groups in total. The van der Waals surface area contributed by atoms with Crippen molar-refractivity contribution in [1.82, 2.24) is 5.32 Å². The molecule has 2 rings (SSSR count). The SMILES string of the molecule is CCNC(=O)CCC/C=C\C[C@H]1C(=O)CC=C1/C=C/[C@H](CC)c1ccccc1O. The molecule has 156 valence electrons. The fourth-order valence-electron chi connectivity index (χ4n) is 3.64. The topological polar surface area (TPSA) is 66.4 Å². The quantitative estimate of drug-likeness (QED) is 0.399. The van der Waals surface area contributed by atoms with Crippen LogP contribution in [-0.4, -0.2) is 23.3 Å². The van der Waals surface area contributed by atoms with Gasteiger partial charge in [-0.3, -0.25) is 9.59 Å². The highest BCUT2D eigenvalue weighted by atomic mass is 16.3. The maximum Gasteiger partial charge on any atom is 0.219 e. The van der Waals surface area contributed by atoms with E-state index in [1.807, 2.05) is 31.2 Å². The molecule has 1 aromatic carbocycles. The Morgan fingerprint density at radius 3 is 2.79 bits per heavy atom. The Hall–Kier alpha value is -2.62. The fourth-order valence-corrected chi connectivity index (χ4v) is 3.64. The highest BCUT2D eigenvalue weighted by Gasteiger charge is 2.25. The maximum absolute atomic E-state index is 12.3. The monoisotopic (exact) mass is 395 g/mol. The molecule has 1 aliphatic carbocycles. The minimum Gasteiger partial charge on any atom is -0.508 e. The van der Waals surface area contributed by atoms with E-state index in [0.717, 1.165) is 30.4 Å². The van der Waals surface area contributed by atoms with Crippen molar-refractivity contribution in [2.75, 3.05) is 6.54 Å². The van der Waals surface area contributed by atoms with Gasteiger partial charge >= 0.3 is 0 Å². The molecule has 29 heavy (non-hydrogen) atoms. The van der Waals surface area contributed by atoms with Gasteiger partial charge in [0.25, 0.3) is 0 Å². The van der Waals surface area contributed by atoms with Crippen LogP contribution in [0.4, 0.5) is 0 Å². The first-order valence-electron chi connectivity index (χ1n) is 10.7. The number of ketones is 1. The third-order valence-electron chi connectivity index (χ3n) is 5.31. The van der Waals surface area contributed by atoms with Crippen molar-refractivity contribution in [1.29, 1.82) is 0 Å². The van der Waals surface area contributed by atoms with Gasteiger partial charge in [-0.05, 0) is 44.2 Å². The number of Topliss-reactive ketones (excluding diaryl/α,β-unsaturated/α-hetero) is 1. The zero-order chi connectivity index (χ0) is 21.1. The van der Waals surface area contributed by atoms with Crippen molar-refractivity contribution in [3.05, 3.63) is 65.8 Å². The number of phenols is 1. The molecule has 2 atom stereocenters. The van der Waals surface area contributed by atoms with Crippen molar-refractivity contribution >= 4 is 11.7 Å². The number of phenolic OH excluding ortho intramolecular Hbond substituents is 1. The maximum atomic E-state index is 12.3. The van der Waals surface area contributed by atoms with Crippen molar-refractivity contribution < 1.29 is 14.7 Å². The van der Waals surface area contributed by atoms with E-state index < -0.39 is 0 Å². The summed E-state index contributed by atoms with van der Waals surface area (Å²) in [6.45, 7) is 4.68. The molecule has 4 heteroatoms. The van der Waals surface area contributed by atoms with E-state index in [9.17, 15) is 14.7 Å². The first-order valence-corrected chi connectivity index (χ1v) is 10.7. The Morgan fingerprint density at radius 1 is 1.28 bits per heavy atom. The standard InChI is InChI=1S/C25H33NO3/c1-3-19(21-12-9-10-13-23(21)27)15-16-20-17-18-24(28)22(20)11-7-5-6-8-14-25(29)26-4-2/h5,7,9-10,12-13,15-17,19,22,27H,3-4,6,8,11,14,18H2,1-2H3,(H,26,29)/b7-5-,16-15+/t19-,22+/m0/s1. The molecule has 0 heterocycles. The molecule has 0 saturated heterocycles. The lowest BCUT2D eigenvalue weighted by molar-refractivity contribution is -0.121. The third-order valence-corrected chi connectivity index (χ3v) is 5.31. The van der Waals surface area contributed by atoms with Crippen LogP contribution in [0.1, 0.15) is 63.9 Å². The molecule has 4 nitrogen and oxygen atoms in total. The van der Waals surface area contributed by atoms with Gasteiger partial charge in [-0.25, -0.2) is 0 Å². The number of carbonyl (C=O) groups excluding carboxylic acids is 2. The Bertz CT molecular complexity index is 776. The zero-order valence-corrected chi connectivity index (χ0v) is 17.6. The van der Waals surface area contributed by atoms with E-state index in [0.29, 0.717) is 31.6 Å². The number of para-hydroxylation sites is 1. The van der Waals surface area contributed by atoms with Crippen molar-refractivity contribution in [3.8, 4) is 5.75 Å². The highest BCUT2D eigenvalue weighted by molar-refractivity contribution is 5.89. The van der Waals surface area contributed by atoms with Crippen molar-refractivity contribution in [3.63, 3.8) is 0 Å². The number of aromatic hydroxyl groups is 1. The van der Waals surface area contributed by atoms with Gasteiger partial charge in [-0.1, -0.05) is 55.5 Å². The summed E-state index contributed by atoms with van der Waals surface area (Å²) < 4.78 is 0. The normalized spacial score (nSPS) is 17.8. The minimum atomic E-state index is -0.0900. The fraction of sp³-hybridized carbons (Fsp3) is 0.440. The Balaban J connectivity index is 1.89. The molecule has 0 aliphatic heterocycles. The van der Waals surface area contributed by atoms with E-state index in [-0.39, 0.29) is 23.5 Å². The summed E-state index contributed by atoms with van der Waals surface area (Å²) in [5, 5.41) is 12.9. The Labute approximate surface area is 174 Å². The number of benzene rings is 1. The van der Waals surface area contributed by atoms with Crippen LogP contribution in [0.15, 0.2) is 60.2 Å². The summed E-state index contributed by atoms with van der Waals surface area (Å²) in [6.07, 6.45) is 14.6. The second kappa shape index (κ2) is 12.1. The first-order chi connectivity index (χ1) is 14.1. The average molecular weight is 396 g/mol. The number of nitrogens with one attached hydrogen (secondary N) is 1. The van der Waals surface area contributed by atoms with Gasteiger partial charge in [0.1, 0.15) is 11.5 Å². The molecular formula is C25H33NO3. The van der Waals surface area contributed by atoms with E-state index in [1.165, 1.54) is 0 Å². The molecule has 0 aromatic heterocycles. The molecule has 1 aromatic rings. The van der Waals surface area contributed by atoms with Crippen molar-refractivity contribution in [2.24, 2.45) is 5.92 Å². The predicted molar refractivity (Wildman–Crippen MR) is 118 cm³/mol. The molecule has 0 bridgehead atoms. The summed E-state index contributed by atoms with van der Waals surface area (Å²) in [5.74, 6) is 0.697. The summed E-state index contributed by atoms with van der Waals surface area (Å²) in [6, 6.07) is 7.42. The lowest BCUT2D eigenvalue weighted by Gasteiger charge is -2.14. The van der Waals surface area contributed by atoms with Gasteiger partial charge in [-0.15, -0.1) is 0 Å². The second-order valence-electron chi connectivity index (χ2n) is 7.41. The van der Waals surface area contributed by atoms with Gasteiger partial charge in [0.2, 0.25) is 5.91 Å². The van der Waals surface area contributed by atoms with Crippen LogP contribution in [0.5, 0.6) is 5.75 Å². The van der Waals surface area contributed by atoms with Gasteiger partial charge in [-0.2, -0.15) is 0 Å². The number of hydrogen-bond donors (Lipinski definition) is 2. The first kappa shape index (κ1) is 22.7. The number of rotatable bonds is 11. The molecule has 0 unspecified atom stereocenters. The molecule has 1 amide bonds. The van der Waals surface area contributed by atoms with Crippen LogP contribution < -0.4 is 5.32 Å². The van der Waals surface area contributed by atoms with Gasteiger partial charge in [0.15, 0.2) is 0 Å². The van der Waals surface area contributed by atoms with Crippen LogP contribution in [0.25, 0.3) is 0 Å². The Kier molecular flexibility index (Phi) is 9.42. The third kappa shape index (κ3) is 7.04. The van der Waals surface area contributed by atoms with E-state index in [2.05, 4.69) is 36.5 Å². The molecule has 0 saturated carbocycles. The van der Waals surface area contributed by atoms with Crippen LogP contribution in [0.3, 0.4) is 0 Å². The van der Waals surface area contributed by atoms with Crippen LogP contribution in [0.2, 0.25) is 0 Å². The van der Waals surface area contributed by atoms with E-state index in [1.54, 1.807) is 6.07 Å². The van der Waals surface area contributed by atoms with E-state index >= 15 is 0 Å². The highest BCUT2D eigenvalue weighted by Crippen LogP contribution is 2.32. The number of allylic oxidation sites excluding steroid dienone is 6. The number of carbonyl (C=O) groups is 2. The number of hydrogen-bond acceptors (Lipinski definition) is 3. The molecule has 0 fully saturated rings. The van der Waals surface area contributed by atoms with Gasteiger partial charge < -0.3 is 10.4 Å². The lowest BCUT2D eigenvalue weighted by Crippen LogP contribution is -2.21.